The Labute approximate surface area is 28.6 Å². The molecule has 0 radical (unpaired) electrons. The summed E-state index contributed by atoms with van der Waals surface area (Å²) in [6.45, 7) is 0. The highest BCUT2D eigenvalue weighted by atomic mass is 16.4. The van der Waals surface area contributed by atoms with Crippen molar-refractivity contribution in [1.29, 1.82) is 0 Å². The molecule has 4 heteroatoms. The summed E-state index contributed by atoms with van der Waals surface area (Å²) in [6.07, 6.45) is -1.34. The van der Waals surface area contributed by atoms with E-state index in [2.05, 4.69) is 5.84 Å². The normalized spacial score (nSPS) is 7.40. The molecule has 0 aromatic heterocycles. The summed E-state index contributed by atoms with van der Waals surface area (Å²) in [4.78, 5) is 9.08. The first-order valence-electron chi connectivity index (χ1n) is 1.03. The first kappa shape index (κ1) is 4.39. The molecule has 0 aliphatic rings. The van der Waals surface area contributed by atoms with E-state index in [0.29, 0.717) is 5.43 Å². The van der Waals surface area contributed by atoms with Gasteiger partial charge in [-0.15, -0.1) is 0 Å². The molecule has 0 aliphatic heterocycles. The molecule has 4 N–H and O–H groups in total. The van der Waals surface area contributed by atoms with Gasteiger partial charge in [-0.05, 0) is 0 Å². The van der Waals surface area contributed by atoms with Crippen molar-refractivity contribution in [2.75, 3.05) is 0 Å². The highest BCUT2D eigenvalue weighted by molar-refractivity contribution is 5.48. The topological polar surface area (TPSA) is 82.8 Å². The minimum absolute atomic E-state index is 0.472. The van der Waals surface area contributed by atoms with Gasteiger partial charge in [-0.1, -0.05) is 0 Å². The number of hydrogen-bond donors (Lipinski definition) is 2. The molecule has 0 aliphatic carbocycles. The minimum Gasteiger partial charge on any atom is -0.497 e. The number of primary amides is 1. The van der Waals surface area contributed by atoms with E-state index in [1.807, 2.05) is 0 Å². The highest BCUT2D eigenvalue weighted by Gasteiger charge is 1.69. The third-order valence-corrected chi connectivity index (χ3v) is 0.136. The van der Waals surface area contributed by atoms with Crippen molar-refractivity contribution in [2.24, 2.45) is 5.84 Å². The van der Waals surface area contributed by atoms with Crippen LogP contribution in [0, 0.1) is 0 Å². The van der Waals surface area contributed by atoms with Gasteiger partial charge in [0.25, 0.3) is 6.09 Å². The number of carbonyl (C=O) groups is 1. The van der Waals surface area contributed by atoms with E-state index in [1.165, 1.54) is 0 Å². The van der Waals surface area contributed by atoms with Crippen LogP contribution < -0.4 is 16.4 Å². The minimum atomic E-state index is -1.34. The summed E-state index contributed by atoms with van der Waals surface area (Å²) in [5, 5.41) is 9.08. The summed E-state index contributed by atoms with van der Waals surface area (Å²) in [5.74, 6) is 4.38. The quantitative estimate of drug-likeness (QED) is 0.181. The van der Waals surface area contributed by atoms with Gasteiger partial charge in [-0.2, -0.15) is 5.84 Å². The van der Waals surface area contributed by atoms with Crippen molar-refractivity contribution in [3.63, 3.8) is 0 Å². The van der Waals surface area contributed by atoms with Crippen molar-refractivity contribution in [1.82, 2.24) is 0 Å². The molecule has 0 aromatic carbocycles. The van der Waals surface area contributed by atoms with Crippen LogP contribution in [0.4, 0.5) is 4.79 Å². The molecule has 0 bridgehead atoms. The van der Waals surface area contributed by atoms with Gasteiger partial charge in [0.1, 0.15) is 0 Å². The lowest BCUT2D eigenvalue weighted by atomic mass is 11.3. The van der Waals surface area contributed by atoms with E-state index in [-0.39, 0.29) is 0 Å². The fourth-order valence-electron chi connectivity index (χ4n) is 0. The third-order valence-electron chi connectivity index (χ3n) is 0.136. The Kier molecular flexibility index (Phi) is 1.48. The van der Waals surface area contributed by atoms with E-state index in [9.17, 15) is 0 Å². The third kappa shape index (κ3) is 3.39. The van der Waals surface area contributed by atoms with E-state index < -0.39 is 6.09 Å². The van der Waals surface area contributed by atoms with Gasteiger partial charge in [0, 0.05) is 0 Å². The molecule has 0 heterocycles. The largest absolute Gasteiger partial charge is 0.497 e. The van der Waals surface area contributed by atoms with Gasteiger partial charge in [0.15, 0.2) is 0 Å². The second-order valence-electron chi connectivity index (χ2n) is 0.486. The van der Waals surface area contributed by atoms with Crippen LogP contribution in [-0.2, 0) is 0 Å². The molecule has 0 saturated carbocycles. The maximum Gasteiger partial charge on any atom is 0.274 e. The Bertz CT molecular complexity index is 42.9. The lowest BCUT2D eigenvalue weighted by Crippen LogP contribution is -2.97. The maximum absolute atomic E-state index is 9.08. The molecular weight excluding hydrogens is 72.0 g/mol. The van der Waals surface area contributed by atoms with Crippen molar-refractivity contribution < 1.29 is 15.3 Å². The second kappa shape index (κ2) is 1.68. The van der Waals surface area contributed by atoms with Crippen molar-refractivity contribution in [3.8, 4) is 0 Å². The van der Waals surface area contributed by atoms with Gasteiger partial charge in [-0.25, -0.2) is 5.43 Å². The number of rotatable bonds is 0. The van der Waals surface area contributed by atoms with Crippen LogP contribution >= 0.6 is 0 Å². The molecule has 0 aromatic rings. The van der Waals surface area contributed by atoms with Gasteiger partial charge in [0.05, 0.1) is 0 Å². The van der Waals surface area contributed by atoms with Crippen molar-refractivity contribution >= 4 is 6.09 Å². The summed E-state index contributed by atoms with van der Waals surface area (Å²) >= 11 is 0. The lowest BCUT2D eigenvalue weighted by Gasteiger charge is -1.84. The number of carboxylic acid groups (broad SMARTS) is 1. The Morgan fingerprint density at radius 3 is 2.20 bits per heavy atom. The Hall–Kier alpha value is -0.610. The molecule has 4 nitrogen and oxygen atoms in total. The molecule has 1 amide bonds. The zero-order valence-electron chi connectivity index (χ0n) is 2.47. The fourth-order valence-corrected chi connectivity index (χ4v) is 0. The maximum atomic E-state index is 9.08. The average molecular weight is 76.1 g/mol. The summed E-state index contributed by atoms with van der Waals surface area (Å²) in [7, 11) is 0. The van der Waals surface area contributed by atoms with Crippen LogP contribution in [0.1, 0.15) is 0 Å². The standard InChI is InChI=1S/CH4N2O2/c2-3-1(4)5/h3H,2H2,(H,4,5). The highest BCUT2D eigenvalue weighted by Crippen LogP contribution is 1.19. The molecular formula is CH4N2O2. The molecule has 30 valence electrons. The monoisotopic (exact) mass is 76.0 g/mol. The fraction of sp³-hybridized carbons (Fsp3) is 0. The zero-order valence-corrected chi connectivity index (χ0v) is 2.47. The van der Waals surface area contributed by atoms with Gasteiger partial charge in [-0.3, -0.25) is 0 Å². The molecule has 5 heavy (non-hydrogen) atoms. The molecule has 0 fully saturated rings. The van der Waals surface area contributed by atoms with Gasteiger partial charge < -0.3 is 9.90 Å². The van der Waals surface area contributed by atoms with E-state index in [4.69, 9.17) is 9.90 Å². The molecule has 0 spiro atoms. The molecule has 0 rings (SSSR count). The number of nitrogens with two attached hydrogens (primary N) is 2. The summed E-state index contributed by atoms with van der Waals surface area (Å²) in [5.41, 5.74) is 0.472. The van der Waals surface area contributed by atoms with Crippen LogP contribution in [0.2, 0.25) is 0 Å². The molecule has 0 unspecified atom stereocenters. The first-order chi connectivity index (χ1) is 2.27. The first-order valence-corrected chi connectivity index (χ1v) is 1.03. The van der Waals surface area contributed by atoms with Gasteiger partial charge >= 0.3 is 0 Å². The average Bonchev–Trinajstić information content (AvgIpc) is 1.38. The van der Waals surface area contributed by atoms with E-state index in [1.54, 1.807) is 0 Å². The number of amides is 1. The smallest absolute Gasteiger partial charge is 0.274 e. The Morgan fingerprint density at radius 2 is 2.20 bits per heavy atom. The van der Waals surface area contributed by atoms with Crippen LogP contribution in [-0.4, -0.2) is 6.09 Å². The van der Waals surface area contributed by atoms with E-state index >= 15 is 0 Å². The van der Waals surface area contributed by atoms with Gasteiger partial charge in [0.2, 0.25) is 0 Å². The predicted octanol–water partition coefficient (Wildman–Crippen LogP) is -3.23. The van der Waals surface area contributed by atoms with Crippen LogP contribution in [0.25, 0.3) is 0 Å². The number of quaternary nitrogens is 1. The van der Waals surface area contributed by atoms with Crippen molar-refractivity contribution in [2.45, 2.75) is 0 Å². The Morgan fingerprint density at radius 1 is 2.00 bits per heavy atom. The van der Waals surface area contributed by atoms with Crippen LogP contribution in [0.15, 0.2) is 0 Å². The number of carbonyl (C=O) groups excluding carboxylic acids is 1. The van der Waals surface area contributed by atoms with Crippen LogP contribution in [0.5, 0.6) is 0 Å². The lowest BCUT2D eigenvalue weighted by molar-refractivity contribution is -0.627. The van der Waals surface area contributed by atoms with E-state index in [0.717, 1.165) is 0 Å². The molecule has 0 atom stereocenters. The second-order valence-corrected chi connectivity index (χ2v) is 0.486. The van der Waals surface area contributed by atoms with Crippen molar-refractivity contribution in [3.05, 3.63) is 0 Å². The molecule has 0 saturated heterocycles. The predicted molar refractivity (Wildman–Crippen MR) is 11.5 cm³/mol. The summed E-state index contributed by atoms with van der Waals surface area (Å²) < 4.78 is 0. The SMILES string of the molecule is N[NH2+]C(=O)[O-]. The zero-order chi connectivity index (χ0) is 4.28. The van der Waals surface area contributed by atoms with Crippen LogP contribution in [0.3, 0.4) is 0 Å². The number of hydrogen-bond acceptors (Lipinski definition) is 3. The summed E-state index contributed by atoms with van der Waals surface area (Å²) in [6, 6.07) is 0. The Balaban J connectivity index is 2.85.